The maximum absolute atomic E-state index is 13.4. The van der Waals surface area contributed by atoms with Gasteiger partial charge in [0.05, 0.1) is 16.6 Å². The van der Waals surface area contributed by atoms with Crippen molar-refractivity contribution in [1.82, 2.24) is 24.7 Å². The molecule has 0 fully saturated rings. The molecule has 31 heavy (non-hydrogen) atoms. The molecule has 5 rings (SSSR count). The number of carbonyl (C=O) groups excluding carboxylic acids is 1. The Labute approximate surface area is 181 Å². The number of H-pyrrole nitrogens is 2. The lowest BCUT2D eigenvalue weighted by atomic mass is 10.1. The largest absolute Gasteiger partial charge is 0.285 e. The summed E-state index contributed by atoms with van der Waals surface area (Å²) in [5.41, 5.74) is 2.29. The molecule has 0 saturated carbocycles. The molecule has 0 bridgehead atoms. The third-order valence-electron chi connectivity index (χ3n) is 4.91. The molecule has 0 spiro atoms. The van der Waals surface area contributed by atoms with E-state index >= 15 is 0 Å². The molecular formula is C23H15N5O2S. The van der Waals surface area contributed by atoms with Crippen LogP contribution in [-0.4, -0.2) is 30.5 Å². The Hall–Kier alpha value is -4.17. The highest BCUT2D eigenvalue weighted by atomic mass is 32.1. The number of para-hydroxylation sites is 1. The van der Waals surface area contributed by atoms with Gasteiger partial charge >= 0.3 is 0 Å². The van der Waals surface area contributed by atoms with Gasteiger partial charge in [0.2, 0.25) is 10.6 Å². The van der Waals surface area contributed by atoms with Crippen molar-refractivity contribution in [2.75, 3.05) is 0 Å². The van der Waals surface area contributed by atoms with Gasteiger partial charge in [-0.05, 0) is 48.6 Å². The van der Waals surface area contributed by atoms with Crippen molar-refractivity contribution >= 4 is 28.9 Å². The SMILES string of the molecule is O=C(c1ccc(-n2c(-c3ccccc3)nc3ccccc3c2=O)cc1)c1nc(=S)[nH][nH]1. The Bertz CT molecular complexity index is 1530. The molecule has 0 radical (unpaired) electrons. The van der Waals surface area contributed by atoms with Gasteiger partial charge in [-0.15, -0.1) is 0 Å². The smallest absolute Gasteiger partial charge is 0.266 e. The van der Waals surface area contributed by atoms with Crippen molar-refractivity contribution in [2.45, 2.75) is 0 Å². The van der Waals surface area contributed by atoms with Crippen molar-refractivity contribution < 1.29 is 4.79 Å². The number of aromatic amines is 2. The van der Waals surface area contributed by atoms with E-state index in [4.69, 9.17) is 17.2 Å². The zero-order valence-corrected chi connectivity index (χ0v) is 16.9. The minimum Gasteiger partial charge on any atom is -0.285 e. The first kappa shape index (κ1) is 18.8. The molecule has 0 saturated heterocycles. The van der Waals surface area contributed by atoms with E-state index in [1.807, 2.05) is 48.5 Å². The molecule has 2 heterocycles. The molecule has 8 heteroatoms. The molecular weight excluding hydrogens is 410 g/mol. The van der Waals surface area contributed by atoms with Crippen LogP contribution in [0.5, 0.6) is 0 Å². The average Bonchev–Trinajstić information content (AvgIpc) is 3.25. The summed E-state index contributed by atoms with van der Waals surface area (Å²) < 4.78 is 1.77. The van der Waals surface area contributed by atoms with Crippen molar-refractivity contribution in [3.05, 3.63) is 105 Å². The minimum absolute atomic E-state index is 0.132. The van der Waals surface area contributed by atoms with Gasteiger partial charge < -0.3 is 0 Å². The highest BCUT2D eigenvalue weighted by Gasteiger charge is 2.16. The molecule has 0 aliphatic heterocycles. The van der Waals surface area contributed by atoms with Crippen LogP contribution < -0.4 is 5.56 Å². The zero-order chi connectivity index (χ0) is 21.4. The van der Waals surface area contributed by atoms with E-state index in [2.05, 4.69) is 15.2 Å². The van der Waals surface area contributed by atoms with Crippen LogP contribution in [0.15, 0.2) is 83.7 Å². The maximum Gasteiger partial charge on any atom is 0.266 e. The molecule has 0 aliphatic carbocycles. The van der Waals surface area contributed by atoms with E-state index in [0.717, 1.165) is 5.56 Å². The number of benzene rings is 3. The second-order valence-electron chi connectivity index (χ2n) is 6.85. The second-order valence-corrected chi connectivity index (χ2v) is 7.24. The number of nitrogens with one attached hydrogen (secondary N) is 2. The summed E-state index contributed by atoms with van der Waals surface area (Å²) in [6.45, 7) is 0. The first-order valence-corrected chi connectivity index (χ1v) is 9.90. The van der Waals surface area contributed by atoms with Gasteiger partial charge in [0.15, 0.2) is 5.82 Å². The normalized spacial score (nSPS) is 11.0. The van der Waals surface area contributed by atoms with Crippen molar-refractivity contribution in [1.29, 1.82) is 0 Å². The summed E-state index contributed by atoms with van der Waals surface area (Å²) in [5, 5.41) is 5.79. The summed E-state index contributed by atoms with van der Waals surface area (Å²) in [5.74, 6) is 0.359. The lowest BCUT2D eigenvalue weighted by Gasteiger charge is -2.14. The van der Waals surface area contributed by atoms with E-state index < -0.39 is 0 Å². The third kappa shape index (κ3) is 3.38. The number of carbonyl (C=O) groups is 1. The van der Waals surface area contributed by atoms with E-state index in [-0.39, 0.29) is 21.9 Å². The molecule has 7 nitrogen and oxygen atoms in total. The monoisotopic (exact) mass is 425 g/mol. The van der Waals surface area contributed by atoms with Crippen molar-refractivity contribution in [2.24, 2.45) is 0 Å². The van der Waals surface area contributed by atoms with Gasteiger partial charge in [-0.25, -0.2) is 4.98 Å². The molecule has 3 aromatic carbocycles. The van der Waals surface area contributed by atoms with Crippen LogP contribution in [0.25, 0.3) is 28.0 Å². The van der Waals surface area contributed by atoms with Crippen LogP contribution in [0, 0.1) is 4.77 Å². The van der Waals surface area contributed by atoms with E-state index in [1.54, 1.807) is 34.9 Å². The van der Waals surface area contributed by atoms with Gasteiger partial charge in [-0.1, -0.05) is 42.5 Å². The predicted octanol–water partition coefficient (Wildman–Crippen LogP) is 4.06. The second kappa shape index (κ2) is 7.58. The van der Waals surface area contributed by atoms with Crippen molar-refractivity contribution in [3.8, 4) is 17.1 Å². The average molecular weight is 425 g/mol. The molecule has 5 aromatic rings. The molecule has 0 unspecified atom stereocenters. The molecule has 0 amide bonds. The number of hydrogen-bond acceptors (Lipinski definition) is 5. The Morgan fingerprint density at radius 3 is 2.26 bits per heavy atom. The Kier molecular flexibility index (Phi) is 4.61. The van der Waals surface area contributed by atoms with Gasteiger partial charge in [0.1, 0.15) is 5.82 Å². The van der Waals surface area contributed by atoms with Gasteiger partial charge in [0, 0.05) is 11.1 Å². The lowest BCUT2D eigenvalue weighted by molar-refractivity contribution is 0.103. The summed E-state index contributed by atoms with van der Waals surface area (Å²) >= 11 is 4.91. The fourth-order valence-corrected chi connectivity index (χ4v) is 3.57. The van der Waals surface area contributed by atoms with E-state index in [1.165, 1.54) is 0 Å². The van der Waals surface area contributed by atoms with Crippen LogP contribution in [0.2, 0.25) is 0 Å². The first-order valence-electron chi connectivity index (χ1n) is 9.49. The summed E-state index contributed by atoms with van der Waals surface area (Å²) in [6, 6.07) is 23.5. The van der Waals surface area contributed by atoms with Gasteiger partial charge in [-0.3, -0.25) is 24.4 Å². The molecule has 150 valence electrons. The van der Waals surface area contributed by atoms with E-state index in [9.17, 15) is 9.59 Å². The number of nitrogens with zero attached hydrogens (tertiary/aromatic N) is 3. The Morgan fingerprint density at radius 2 is 1.55 bits per heavy atom. The fraction of sp³-hybridized carbons (Fsp3) is 0. The fourth-order valence-electron chi connectivity index (χ4n) is 3.43. The summed E-state index contributed by atoms with van der Waals surface area (Å²) in [4.78, 5) is 34.7. The highest BCUT2D eigenvalue weighted by Crippen LogP contribution is 2.22. The molecule has 2 N–H and O–H groups in total. The summed E-state index contributed by atoms with van der Waals surface area (Å²) in [6.07, 6.45) is 0. The quantitative estimate of drug-likeness (QED) is 0.334. The van der Waals surface area contributed by atoms with Crippen molar-refractivity contribution in [3.63, 3.8) is 0 Å². The van der Waals surface area contributed by atoms with Crippen LogP contribution in [0.4, 0.5) is 0 Å². The first-order chi connectivity index (χ1) is 15.1. The standard InChI is InChI=1S/C23H15N5O2S/c29-19(20-25-23(31)27-26-20)14-10-12-16(13-11-14)28-21(15-6-2-1-3-7-15)24-18-9-5-4-8-17(18)22(28)30/h1-13H,(H2,25,26,27,31). The molecule has 2 aromatic heterocycles. The number of rotatable bonds is 4. The lowest BCUT2D eigenvalue weighted by Crippen LogP contribution is -2.22. The number of aromatic nitrogens is 5. The summed E-state index contributed by atoms with van der Waals surface area (Å²) in [7, 11) is 0. The van der Waals surface area contributed by atoms with Crippen LogP contribution in [0.1, 0.15) is 16.2 Å². The van der Waals surface area contributed by atoms with E-state index in [0.29, 0.717) is 28.0 Å². The number of ketones is 1. The molecule has 0 aliphatic rings. The van der Waals surface area contributed by atoms with Gasteiger partial charge in [0.25, 0.3) is 5.56 Å². The topological polar surface area (TPSA) is 96.4 Å². The number of hydrogen-bond donors (Lipinski definition) is 2. The Morgan fingerprint density at radius 1 is 0.839 bits per heavy atom. The maximum atomic E-state index is 13.4. The van der Waals surface area contributed by atoms with Crippen LogP contribution >= 0.6 is 12.2 Å². The number of fused-ring (bicyclic) bond motifs is 1. The van der Waals surface area contributed by atoms with Crippen LogP contribution in [0.3, 0.4) is 0 Å². The Balaban J connectivity index is 1.67. The third-order valence-corrected chi connectivity index (χ3v) is 5.10. The van der Waals surface area contributed by atoms with Crippen LogP contribution in [-0.2, 0) is 0 Å². The predicted molar refractivity (Wildman–Crippen MR) is 120 cm³/mol. The zero-order valence-electron chi connectivity index (χ0n) is 16.1. The van der Waals surface area contributed by atoms with Gasteiger partial charge in [-0.2, -0.15) is 4.98 Å². The minimum atomic E-state index is -0.300. The highest BCUT2D eigenvalue weighted by molar-refractivity contribution is 7.71. The molecule has 0 atom stereocenters.